The van der Waals surface area contributed by atoms with Crippen LogP contribution in [0.4, 0.5) is 10.1 Å². The van der Waals surface area contributed by atoms with Crippen LogP contribution in [0.15, 0.2) is 53.7 Å². The maximum atomic E-state index is 13.5. The molecular formula is C20H15FN4O2S. The van der Waals surface area contributed by atoms with Crippen molar-refractivity contribution < 1.29 is 14.0 Å². The number of anilines is 1. The molecule has 6 nitrogen and oxygen atoms in total. The van der Waals surface area contributed by atoms with Gasteiger partial charge in [-0.3, -0.25) is 9.59 Å². The molecule has 28 heavy (non-hydrogen) atoms. The zero-order valence-corrected chi connectivity index (χ0v) is 15.6. The third-order valence-electron chi connectivity index (χ3n) is 4.27. The van der Waals surface area contributed by atoms with Crippen molar-refractivity contribution in [1.29, 1.82) is 0 Å². The predicted molar refractivity (Wildman–Crippen MR) is 107 cm³/mol. The summed E-state index contributed by atoms with van der Waals surface area (Å²) in [6.45, 7) is 1.49. The van der Waals surface area contributed by atoms with Crippen LogP contribution in [0, 0.1) is 5.82 Å². The van der Waals surface area contributed by atoms with E-state index in [-0.39, 0.29) is 23.3 Å². The summed E-state index contributed by atoms with van der Waals surface area (Å²) in [5.74, 6) is -0.430. The first-order valence-electron chi connectivity index (χ1n) is 8.47. The molecule has 0 atom stereocenters. The molecule has 8 heteroatoms. The van der Waals surface area contributed by atoms with Gasteiger partial charge in [0.15, 0.2) is 5.78 Å². The Kier molecular flexibility index (Phi) is 4.79. The number of rotatable bonds is 5. The lowest BCUT2D eigenvalue weighted by Gasteiger charge is -2.06. The number of carbonyl (C=O) groups excluding carboxylic acids is 2. The summed E-state index contributed by atoms with van der Waals surface area (Å²) in [5, 5.41) is 12.9. The van der Waals surface area contributed by atoms with Crippen LogP contribution in [-0.4, -0.2) is 32.6 Å². The van der Waals surface area contributed by atoms with E-state index in [2.05, 4.69) is 20.5 Å². The van der Waals surface area contributed by atoms with Gasteiger partial charge in [-0.05, 0) is 49.4 Å². The fourth-order valence-corrected chi connectivity index (χ4v) is 3.65. The number of fused-ring (bicyclic) bond motifs is 3. The van der Waals surface area contributed by atoms with Crippen LogP contribution < -0.4 is 5.32 Å². The summed E-state index contributed by atoms with van der Waals surface area (Å²) in [6.07, 6.45) is 1.58. The van der Waals surface area contributed by atoms with Crippen LogP contribution in [0.25, 0.3) is 21.8 Å². The van der Waals surface area contributed by atoms with Gasteiger partial charge in [0, 0.05) is 27.5 Å². The molecule has 0 saturated carbocycles. The van der Waals surface area contributed by atoms with Crippen LogP contribution in [0.1, 0.15) is 17.3 Å². The summed E-state index contributed by atoms with van der Waals surface area (Å²) in [5.41, 5.74) is 2.70. The lowest BCUT2D eigenvalue weighted by molar-refractivity contribution is -0.113. The minimum Gasteiger partial charge on any atom is -0.352 e. The Morgan fingerprint density at radius 2 is 1.93 bits per heavy atom. The molecule has 0 aliphatic heterocycles. The lowest BCUT2D eigenvalue weighted by Crippen LogP contribution is -2.14. The van der Waals surface area contributed by atoms with Crippen molar-refractivity contribution in [2.75, 3.05) is 11.1 Å². The maximum absolute atomic E-state index is 13.5. The van der Waals surface area contributed by atoms with Crippen molar-refractivity contribution >= 4 is 50.9 Å². The van der Waals surface area contributed by atoms with E-state index >= 15 is 0 Å². The Bertz CT molecular complexity index is 1200. The van der Waals surface area contributed by atoms with Crippen molar-refractivity contribution in [2.45, 2.75) is 11.9 Å². The topological polar surface area (TPSA) is 87.7 Å². The summed E-state index contributed by atoms with van der Waals surface area (Å²) < 4.78 is 13.5. The number of amides is 1. The third kappa shape index (κ3) is 3.59. The number of nitrogens with one attached hydrogen (secondary N) is 2. The molecule has 0 fully saturated rings. The Labute approximate surface area is 163 Å². The molecule has 2 aromatic carbocycles. The van der Waals surface area contributed by atoms with Crippen molar-refractivity contribution in [3.8, 4) is 0 Å². The van der Waals surface area contributed by atoms with E-state index in [0.717, 1.165) is 21.8 Å². The summed E-state index contributed by atoms with van der Waals surface area (Å²) >= 11 is 1.24. The number of Topliss-reactive ketones (excluding diaryl/α,β-unsaturated/α-hetero) is 1. The number of hydrogen-bond donors (Lipinski definition) is 2. The largest absolute Gasteiger partial charge is 0.352 e. The van der Waals surface area contributed by atoms with E-state index in [9.17, 15) is 14.0 Å². The van der Waals surface area contributed by atoms with E-state index < -0.39 is 0 Å². The molecule has 2 aromatic heterocycles. The van der Waals surface area contributed by atoms with Crippen LogP contribution in [0.3, 0.4) is 0 Å². The number of ketones is 1. The zero-order chi connectivity index (χ0) is 19.7. The van der Waals surface area contributed by atoms with Gasteiger partial charge in [-0.1, -0.05) is 11.8 Å². The smallest absolute Gasteiger partial charge is 0.234 e. The van der Waals surface area contributed by atoms with Gasteiger partial charge < -0.3 is 10.3 Å². The number of halogens is 1. The number of nitrogens with zero attached hydrogens (tertiary/aromatic N) is 2. The van der Waals surface area contributed by atoms with Crippen molar-refractivity contribution in [3.63, 3.8) is 0 Å². The minimum atomic E-state index is -0.324. The van der Waals surface area contributed by atoms with Gasteiger partial charge in [-0.2, -0.15) is 5.10 Å². The Morgan fingerprint density at radius 3 is 2.68 bits per heavy atom. The highest BCUT2D eigenvalue weighted by Gasteiger charge is 2.13. The van der Waals surface area contributed by atoms with Crippen molar-refractivity contribution in [1.82, 2.24) is 15.2 Å². The molecule has 1 amide bonds. The normalized spacial score (nSPS) is 11.1. The Balaban J connectivity index is 1.50. The molecule has 0 aliphatic rings. The van der Waals surface area contributed by atoms with Crippen molar-refractivity contribution in [3.05, 3.63) is 60.0 Å². The molecule has 0 radical (unpaired) electrons. The molecule has 0 aliphatic carbocycles. The summed E-state index contributed by atoms with van der Waals surface area (Å²) in [6, 6.07) is 11.2. The molecular weight excluding hydrogens is 379 g/mol. The van der Waals surface area contributed by atoms with E-state index in [1.54, 1.807) is 36.5 Å². The van der Waals surface area contributed by atoms with Crippen LogP contribution in [0.2, 0.25) is 0 Å². The summed E-state index contributed by atoms with van der Waals surface area (Å²) in [4.78, 5) is 26.8. The van der Waals surface area contributed by atoms with E-state index in [1.165, 1.54) is 30.8 Å². The van der Waals surface area contributed by atoms with Crippen LogP contribution in [-0.2, 0) is 4.79 Å². The second-order valence-electron chi connectivity index (χ2n) is 6.22. The molecule has 0 unspecified atom stereocenters. The number of thioether (sulfide) groups is 1. The van der Waals surface area contributed by atoms with Gasteiger partial charge >= 0.3 is 0 Å². The number of carbonyl (C=O) groups is 2. The quantitative estimate of drug-likeness (QED) is 0.392. The summed E-state index contributed by atoms with van der Waals surface area (Å²) in [7, 11) is 0. The highest BCUT2D eigenvalue weighted by molar-refractivity contribution is 8.00. The van der Waals surface area contributed by atoms with Gasteiger partial charge in [0.1, 0.15) is 10.8 Å². The van der Waals surface area contributed by atoms with Crippen LogP contribution in [0.5, 0.6) is 0 Å². The van der Waals surface area contributed by atoms with Gasteiger partial charge in [-0.25, -0.2) is 4.39 Å². The van der Waals surface area contributed by atoms with E-state index in [0.29, 0.717) is 16.3 Å². The highest BCUT2D eigenvalue weighted by atomic mass is 32.2. The molecule has 0 saturated heterocycles. The number of hydrogen-bond acceptors (Lipinski definition) is 5. The highest BCUT2D eigenvalue weighted by Crippen LogP contribution is 2.30. The number of aromatic nitrogens is 3. The van der Waals surface area contributed by atoms with E-state index in [4.69, 9.17) is 0 Å². The fraction of sp³-hybridized carbons (Fsp3) is 0.100. The van der Waals surface area contributed by atoms with Gasteiger partial charge in [0.2, 0.25) is 5.91 Å². The Hall–Kier alpha value is -3.26. The lowest BCUT2D eigenvalue weighted by atomic mass is 10.1. The maximum Gasteiger partial charge on any atom is 0.234 e. The number of aromatic amines is 1. The predicted octanol–water partition coefficient (Wildman–Crippen LogP) is 4.18. The van der Waals surface area contributed by atoms with Gasteiger partial charge in [0.05, 0.1) is 17.5 Å². The average molecular weight is 394 g/mol. The molecule has 2 heterocycles. The number of H-pyrrole nitrogens is 1. The van der Waals surface area contributed by atoms with Crippen molar-refractivity contribution in [2.24, 2.45) is 0 Å². The minimum absolute atomic E-state index is 0.0293. The zero-order valence-electron chi connectivity index (χ0n) is 14.8. The molecule has 140 valence electrons. The van der Waals surface area contributed by atoms with Crippen LogP contribution >= 0.6 is 11.8 Å². The molecule has 4 rings (SSSR count). The SMILES string of the molecule is CC(=O)c1ccc(NC(=O)CSc2nncc3c2[nH]c2ccc(F)cc23)cc1. The second-order valence-corrected chi connectivity index (χ2v) is 7.19. The first-order chi connectivity index (χ1) is 13.5. The van der Waals surface area contributed by atoms with Gasteiger partial charge in [-0.15, -0.1) is 5.10 Å². The average Bonchev–Trinajstić information content (AvgIpc) is 3.05. The fourth-order valence-electron chi connectivity index (χ4n) is 2.90. The second kappa shape index (κ2) is 7.40. The first kappa shape index (κ1) is 18.1. The number of benzene rings is 2. The van der Waals surface area contributed by atoms with E-state index in [1.807, 2.05) is 0 Å². The molecule has 0 spiro atoms. The molecule has 2 N–H and O–H groups in total. The molecule has 4 aromatic rings. The third-order valence-corrected chi connectivity index (χ3v) is 5.23. The monoisotopic (exact) mass is 394 g/mol. The Morgan fingerprint density at radius 1 is 1.14 bits per heavy atom. The standard InChI is InChI=1S/C20H15FN4O2S/c1-11(26)12-2-5-14(6-3-12)23-18(27)10-28-20-19-16(9-22-25-20)15-8-13(21)4-7-17(15)24-19/h2-9,24H,10H2,1H3,(H,23,27). The first-order valence-corrected chi connectivity index (χ1v) is 9.46. The van der Waals surface area contributed by atoms with Gasteiger partial charge in [0.25, 0.3) is 0 Å². The molecule has 0 bridgehead atoms.